The minimum absolute atomic E-state index is 0.197. The van der Waals surface area contributed by atoms with E-state index in [0.717, 1.165) is 16.9 Å². The maximum atomic E-state index is 12.3. The van der Waals surface area contributed by atoms with Crippen LogP contribution in [-0.4, -0.2) is 20.1 Å². The first-order chi connectivity index (χ1) is 12.0. The first kappa shape index (κ1) is 16.1. The molecule has 0 spiro atoms. The second-order valence-electron chi connectivity index (χ2n) is 5.34. The van der Waals surface area contributed by atoms with E-state index in [-0.39, 0.29) is 16.3 Å². The average Bonchev–Trinajstić information content (AvgIpc) is 3.10. The number of nitrogens with one attached hydrogen (secondary N) is 2. The summed E-state index contributed by atoms with van der Waals surface area (Å²) >= 11 is 8.13. The molecule has 25 heavy (non-hydrogen) atoms. The summed E-state index contributed by atoms with van der Waals surface area (Å²) in [7, 11) is 0. The highest BCUT2D eigenvalue weighted by Crippen LogP contribution is 2.37. The van der Waals surface area contributed by atoms with Gasteiger partial charge >= 0.3 is 4.87 Å². The quantitative estimate of drug-likeness (QED) is 0.498. The molecule has 0 amide bonds. The van der Waals surface area contributed by atoms with Gasteiger partial charge in [-0.2, -0.15) is 0 Å². The Morgan fingerprint density at radius 1 is 1.16 bits per heavy atom. The van der Waals surface area contributed by atoms with Crippen molar-refractivity contribution in [3.8, 4) is 15.6 Å². The van der Waals surface area contributed by atoms with Crippen LogP contribution in [0.1, 0.15) is 11.4 Å². The van der Waals surface area contributed by atoms with Gasteiger partial charge in [-0.1, -0.05) is 35.1 Å². The van der Waals surface area contributed by atoms with Gasteiger partial charge < -0.3 is 10.1 Å². The molecule has 3 heterocycles. The van der Waals surface area contributed by atoms with Crippen molar-refractivity contribution in [1.29, 1.82) is 0 Å². The van der Waals surface area contributed by atoms with Gasteiger partial charge in [0.1, 0.15) is 15.5 Å². The van der Waals surface area contributed by atoms with Crippen molar-refractivity contribution in [2.45, 2.75) is 6.42 Å². The number of aromatic amines is 2. The summed E-state index contributed by atoms with van der Waals surface area (Å²) in [6.45, 7) is 0. The largest absolute Gasteiger partial charge is 0.493 e. The Bertz CT molecular complexity index is 1210. The third kappa shape index (κ3) is 3.11. The van der Waals surface area contributed by atoms with Gasteiger partial charge in [-0.25, -0.2) is 4.98 Å². The van der Waals surface area contributed by atoms with Crippen molar-refractivity contribution in [2.75, 3.05) is 0 Å². The molecule has 3 aromatic heterocycles. The second-order valence-corrected chi connectivity index (χ2v) is 7.79. The van der Waals surface area contributed by atoms with Crippen LogP contribution in [0.2, 0.25) is 5.02 Å². The van der Waals surface area contributed by atoms with Gasteiger partial charge in [0.05, 0.1) is 10.3 Å². The summed E-state index contributed by atoms with van der Waals surface area (Å²) in [4.78, 5) is 34.5. The van der Waals surface area contributed by atoms with Gasteiger partial charge in [0, 0.05) is 11.4 Å². The number of hydrogen-bond donors (Lipinski definition) is 3. The van der Waals surface area contributed by atoms with E-state index in [2.05, 4.69) is 15.0 Å². The number of rotatable bonds is 3. The van der Waals surface area contributed by atoms with E-state index >= 15 is 0 Å². The zero-order valence-corrected chi connectivity index (χ0v) is 14.9. The number of hydrogen-bond acceptors (Lipinski definition) is 6. The Balaban J connectivity index is 1.78. The zero-order valence-electron chi connectivity index (χ0n) is 12.5. The number of thiazole rings is 1. The van der Waals surface area contributed by atoms with E-state index < -0.39 is 0 Å². The lowest BCUT2D eigenvalue weighted by molar-refractivity contribution is 0.458. The van der Waals surface area contributed by atoms with Crippen molar-refractivity contribution in [3.63, 3.8) is 0 Å². The number of thiophene rings is 1. The van der Waals surface area contributed by atoms with Crippen LogP contribution < -0.4 is 10.4 Å². The number of fused-ring (bicyclic) bond motifs is 1. The molecule has 4 aromatic rings. The molecule has 0 aliphatic heterocycles. The SMILES string of the molecule is O=c1[nH]c(O)c(-c2cc3c(=O)[nH]c(Cc4cccc(Cl)c4)nc3s2)s1. The molecule has 0 atom stereocenters. The minimum Gasteiger partial charge on any atom is -0.493 e. The van der Waals surface area contributed by atoms with Crippen LogP contribution in [0.25, 0.3) is 20.0 Å². The molecule has 6 nitrogen and oxygen atoms in total. The lowest BCUT2D eigenvalue weighted by Crippen LogP contribution is -2.10. The highest BCUT2D eigenvalue weighted by molar-refractivity contribution is 7.25. The summed E-state index contributed by atoms with van der Waals surface area (Å²) in [6.07, 6.45) is 0.446. The number of aromatic hydroxyl groups is 1. The Kier molecular flexibility index (Phi) is 3.95. The Hall–Kier alpha value is -2.42. The van der Waals surface area contributed by atoms with Gasteiger partial charge in [-0.3, -0.25) is 14.6 Å². The van der Waals surface area contributed by atoms with Gasteiger partial charge in [-0.05, 0) is 23.8 Å². The van der Waals surface area contributed by atoms with E-state index in [4.69, 9.17) is 11.6 Å². The summed E-state index contributed by atoms with van der Waals surface area (Å²) < 4.78 is 0. The van der Waals surface area contributed by atoms with E-state index in [1.165, 1.54) is 11.3 Å². The monoisotopic (exact) mass is 391 g/mol. The van der Waals surface area contributed by atoms with Crippen LogP contribution in [0.4, 0.5) is 0 Å². The van der Waals surface area contributed by atoms with Crippen LogP contribution in [0.3, 0.4) is 0 Å². The average molecular weight is 392 g/mol. The van der Waals surface area contributed by atoms with Crippen molar-refractivity contribution < 1.29 is 5.11 Å². The molecule has 0 radical (unpaired) electrons. The van der Waals surface area contributed by atoms with Gasteiger partial charge in [-0.15, -0.1) is 11.3 Å². The highest BCUT2D eigenvalue weighted by Gasteiger charge is 2.15. The first-order valence-electron chi connectivity index (χ1n) is 7.19. The molecular formula is C16H10ClN3O3S2. The molecule has 3 N–H and O–H groups in total. The van der Waals surface area contributed by atoms with E-state index in [9.17, 15) is 14.7 Å². The molecule has 0 aliphatic carbocycles. The van der Waals surface area contributed by atoms with Crippen LogP contribution in [0.5, 0.6) is 5.88 Å². The second kappa shape index (κ2) is 6.14. The van der Waals surface area contributed by atoms with Crippen LogP contribution in [0, 0.1) is 0 Å². The lowest BCUT2D eigenvalue weighted by Gasteiger charge is -2.02. The summed E-state index contributed by atoms with van der Waals surface area (Å²) in [5, 5.41) is 10.8. The molecule has 0 saturated heterocycles. The number of H-pyrrole nitrogens is 2. The summed E-state index contributed by atoms with van der Waals surface area (Å²) in [5.41, 5.74) is 0.681. The van der Waals surface area contributed by atoms with Crippen molar-refractivity contribution in [2.24, 2.45) is 0 Å². The molecule has 0 unspecified atom stereocenters. The fraction of sp³-hybridized carbons (Fsp3) is 0.0625. The highest BCUT2D eigenvalue weighted by atomic mass is 35.5. The third-order valence-corrected chi connectivity index (χ3v) is 5.88. The molecule has 0 bridgehead atoms. The summed E-state index contributed by atoms with van der Waals surface area (Å²) in [5.74, 6) is 0.330. The Labute approximate surface area is 153 Å². The number of halogens is 1. The maximum absolute atomic E-state index is 12.3. The molecule has 0 saturated carbocycles. The van der Waals surface area contributed by atoms with Gasteiger partial charge in [0.25, 0.3) is 5.56 Å². The molecule has 0 aliphatic rings. The molecule has 0 fully saturated rings. The fourth-order valence-corrected chi connectivity index (χ4v) is 4.59. The van der Waals surface area contributed by atoms with Crippen LogP contribution in [0.15, 0.2) is 39.9 Å². The molecule has 1 aromatic carbocycles. The molecule has 9 heteroatoms. The normalized spacial score (nSPS) is 11.2. The molecule has 126 valence electrons. The van der Waals surface area contributed by atoms with E-state index in [0.29, 0.717) is 37.2 Å². The Morgan fingerprint density at radius 3 is 2.72 bits per heavy atom. The Morgan fingerprint density at radius 2 is 2.00 bits per heavy atom. The third-order valence-electron chi connectivity index (χ3n) is 3.57. The predicted molar refractivity (Wildman–Crippen MR) is 100 cm³/mol. The number of benzene rings is 1. The topological polar surface area (TPSA) is 98.8 Å². The van der Waals surface area contributed by atoms with Crippen LogP contribution in [-0.2, 0) is 6.42 Å². The van der Waals surface area contributed by atoms with Crippen molar-refractivity contribution >= 4 is 44.5 Å². The zero-order chi connectivity index (χ0) is 17.6. The molecule has 4 rings (SSSR count). The van der Waals surface area contributed by atoms with Crippen molar-refractivity contribution in [3.05, 3.63) is 66.8 Å². The van der Waals surface area contributed by atoms with Crippen LogP contribution >= 0.6 is 34.3 Å². The minimum atomic E-state index is -0.353. The molecular weight excluding hydrogens is 382 g/mol. The fourth-order valence-electron chi connectivity index (χ4n) is 2.50. The first-order valence-corrected chi connectivity index (χ1v) is 9.20. The number of aromatic nitrogens is 3. The predicted octanol–water partition coefficient (Wildman–Crippen LogP) is 3.35. The lowest BCUT2D eigenvalue weighted by atomic mass is 10.1. The van der Waals surface area contributed by atoms with Crippen molar-refractivity contribution in [1.82, 2.24) is 15.0 Å². The standard InChI is InChI=1S/C16H10ClN3O3S2/c17-8-3-1-2-7(4-8)5-11-18-13(21)9-6-10(24-15(9)19-11)12-14(22)20-16(23)25-12/h1-4,6,22H,5H2,(H,20,23)(H,18,19,21). The smallest absolute Gasteiger partial charge is 0.307 e. The summed E-state index contributed by atoms with van der Waals surface area (Å²) in [6, 6.07) is 8.98. The van der Waals surface area contributed by atoms with E-state index in [1.807, 2.05) is 18.2 Å². The maximum Gasteiger partial charge on any atom is 0.307 e. The van der Waals surface area contributed by atoms with Gasteiger partial charge in [0.2, 0.25) is 5.88 Å². The number of nitrogens with zero attached hydrogens (tertiary/aromatic N) is 1. The van der Waals surface area contributed by atoms with Gasteiger partial charge in [0.15, 0.2) is 0 Å². The van der Waals surface area contributed by atoms with E-state index in [1.54, 1.807) is 12.1 Å².